The van der Waals surface area contributed by atoms with E-state index in [0.717, 1.165) is 42.0 Å². The molecular weight excluding hydrogens is 253 g/mol. The van der Waals surface area contributed by atoms with Crippen LogP contribution < -0.4 is 5.32 Å². The van der Waals surface area contributed by atoms with Crippen molar-refractivity contribution in [3.63, 3.8) is 0 Å². The summed E-state index contributed by atoms with van der Waals surface area (Å²) in [5, 5.41) is 3.43. The maximum absolute atomic E-state index is 13.4. The quantitative estimate of drug-likeness (QED) is 0.849. The van der Waals surface area contributed by atoms with E-state index in [1.165, 1.54) is 12.1 Å². The Labute approximate surface area is 120 Å². The maximum Gasteiger partial charge on any atom is 0.134 e. The zero-order chi connectivity index (χ0) is 14.5. The summed E-state index contributed by atoms with van der Waals surface area (Å²) in [5.74, 6) is 1.43. The van der Waals surface area contributed by atoms with Crippen molar-refractivity contribution >= 4 is 0 Å². The molecule has 0 aliphatic heterocycles. The molecular formula is C17H22FNO. The van der Waals surface area contributed by atoms with Crippen LogP contribution in [-0.2, 0) is 6.42 Å². The van der Waals surface area contributed by atoms with Crippen LogP contribution in [0.2, 0.25) is 0 Å². The molecule has 2 aromatic rings. The lowest BCUT2D eigenvalue weighted by atomic mass is 10.1. The molecule has 1 heterocycles. The third kappa shape index (κ3) is 3.94. The third-order valence-corrected chi connectivity index (χ3v) is 3.24. The van der Waals surface area contributed by atoms with E-state index in [4.69, 9.17) is 4.42 Å². The largest absolute Gasteiger partial charge is 0.461 e. The topological polar surface area (TPSA) is 25.2 Å². The van der Waals surface area contributed by atoms with Gasteiger partial charge in [-0.05, 0) is 62.7 Å². The Hall–Kier alpha value is -1.61. The molecule has 3 heteroatoms. The minimum Gasteiger partial charge on any atom is -0.461 e. The van der Waals surface area contributed by atoms with Crippen molar-refractivity contribution in [3.8, 4) is 11.3 Å². The molecule has 1 unspecified atom stereocenters. The SMILES string of the molecule is CCCNC(C)Cc1ccc(-c2cc(C)cc(F)c2)o1. The summed E-state index contributed by atoms with van der Waals surface area (Å²) in [5.41, 5.74) is 1.69. The highest BCUT2D eigenvalue weighted by Crippen LogP contribution is 2.24. The van der Waals surface area contributed by atoms with Crippen LogP contribution in [0, 0.1) is 12.7 Å². The zero-order valence-corrected chi connectivity index (χ0v) is 12.4. The molecule has 1 atom stereocenters. The molecule has 0 bridgehead atoms. The predicted octanol–water partition coefficient (Wildman–Crippen LogP) is 4.32. The Morgan fingerprint density at radius 1 is 1.25 bits per heavy atom. The van der Waals surface area contributed by atoms with E-state index in [1.807, 2.05) is 25.1 Å². The molecule has 20 heavy (non-hydrogen) atoms. The van der Waals surface area contributed by atoms with Crippen molar-refractivity contribution in [2.24, 2.45) is 0 Å². The van der Waals surface area contributed by atoms with E-state index >= 15 is 0 Å². The molecule has 0 aliphatic carbocycles. The van der Waals surface area contributed by atoms with E-state index in [0.29, 0.717) is 6.04 Å². The Morgan fingerprint density at radius 3 is 2.75 bits per heavy atom. The highest BCUT2D eigenvalue weighted by molar-refractivity contribution is 5.58. The van der Waals surface area contributed by atoms with Gasteiger partial charge < -0.3 is 9.73 Å². The number of hydrogen-bond donors (Lipinski definition) is 1. The second kappa shape index (κ2) is 6.71. The highest BCUT2D eigenvalue weighted by atomic mass is 19.1. The van der Waals surface area contributed by atoms with E-state index < -0.39 is 0 Å². The monoisotopic (exact) mass is 275 g/mol. The van der Waals surface area contributed by atoms with E-state index in [-0.39, 0.29) is 5.82 Å². The average Bonchev–Trinajstić information content (AvgIpc) is 2.83. The van der Waals surface area contributed by atoms with Crippen LogP contribution in [-0.4, -0.2) is 12.6 Å². The molecule has 0 aliphatic rings. The van der Waals surface area contributed by atoms with Gasteiger partial charge in [0, 0.05) is 18.0 Å². The van der Waals surface area contributed by atoms with E-state index in [2.05, 4.69) is 19.2 Å². The van der Waals surface area contributed by atoms with Crippen molar-refractivity contribution in [3.05, 3.63) is 47.5 Å². The Morgan fingerprint density at radius 2 is 2.05 bits per heavy atom. The molecule has 1 aromatic carbocycles. The minimum atomic E-state index is -0.226. The van der Waals surface area contributed by atoms with Gasteiger partial charge in [-0.15, -0.1) is 0 Å². The summed E-state index contributed by atoms with van der Waals surface area (Å²) in [6.07, 6.45) is 1.96. The third-order valence-electron chi connectivity index (χ3n) is 3.24. The molecule has 1 N–H and O–H groups in total. The van der Waals surface area contributed by atoms with Gasteiger partial charge >= 0.3 is 0 Å². The summed E-state index contributed by atoms with van der Waals surface area (Å²) < 4.78 is 19.2. The number of furan rings is 1. The van der Waals surface area contributed by atoms with Crippen LogP contribution in [0.5, 0.6) is 0 Å². The maximum atomic E-state index is 13.4. The van der Waals surface area contributed by atoms with Crippen LogP contribution in [0.15, 0.2) is 34.7 Å². The summed E-state index contributed by atoms with van der Waals surface area (Å²) in [6, 6.07) is 9.22. The smallest absolute Gasteiger partial charge is 0.134 e. The summed E-state index contributed by atoms with van der Waals surface area (Å²) in [4.78, 5) is 0. The molecule has 0 spiro atoms. The van der Waals surface area contributed by atoms with Crippen molar-refractivity contribution < 1.29 is 8.81 Å². The van der Waals surface area contributed by atoms with Crippen molar-refractivity contribution in [1.82, 2.24) is 5.32 Å². The normalized spacial score (nSPS) is 12.6. The van der Waals surface area contributed by atoms with Gasteiger partial charge in [0.2, 0.25) is 0 Å². The standard InChI is InChI=1S/C17H22FNO/c1-4-7-19-13(3)10-16-5-6-17(20-16)14-8-12(2)9-15(18)11-14/h5-6,8-9,11,13,19H,4,7,10H2,1-3H3. The van der Waals surface area contributed by atoms with Crippen LogP contribution in [0.4, 0.5) is 4.39 Å². The van der Waals surface area contributed by atoms with E-state index in [1.54, 1.807) is 0 Å². The highest BCUT2D eigenvalue weighted by Gasteiger charge is 2.09. The Balaban J connectivity index is 2.08. The fourth-order valence-electron chi connectivity index (χ4n) is 2.29. The van der Waals surface area contributed by atoms with Crippen molar-refractivity contribution in [2.45, 2.75) is 39.7 Å². The van der Waals surface area contributed by atoms with Gasteiger partial charge in [0.05, 0.1) is 0 Å². The second-order valence-electron chi connectivity index (χ2n) is 5.34. The van der Waals surface area contributed by atoms with Crippen molar-refractivity contribution in [2.75, 3.05) is 6.54 Å². The minimum absolute atomic E-state index is 0.226. The van der Waals surface area contributed by atoms with Crippen LogP contribution in [0.25, 0.3) is 11.3 Å². The molecule has 0 fully saturated rings. The van der Waals surface area contributed by atoms with Gasteiger partial charge in [0.15, 0.2) is 0 Å². The lowest BCUT2D eigenvalue weighted by Crippen LogP contribution is -2.28. The van der Waals surface area contributed by atoms with E-state index in [9.17, 15) is 4.39 Å². The lowest BCUT2D eigenvalue weighted by Gasteiger charge is -2.11. The molecule has 108 valence electrons. The first kappa shape index (κ1) is 14.8. The van der Waals surface area contributed by atoms with Gasteiger partial charge in [-0.25, -0.2) is 4.39 Å². The summed E-state index contributed by atoms with van der Waals surface area (Å²) in [6.45, 7) is 7.19. The first-order chi connectivity index (χ1) is 9.58. The number of rotatable bonds is 6. The molecule has 0 amide bonds. The Kier molecular flexibility index (Phi) is 4.96. The number of halogens is 1. The second-order valence-corrected chi connectivity index (χ2v) is 5.34. The van der Waals surface area contributed by atoms with Crippen molar-refractivity contribution in [1.29, 1.82) is 0 Å². The predicted molar refractivity (Wildman–Crippen MR) is 80.3 cm³/mol. The Bertz CT molecular complexity index is 542. The van der Waals surface area contributed by atoms with Crippen LogP contribution >= 0.6 is 0 Å². The fraction of sp³-hybridized carbons (Fsp3) is 0.412. The first-order valence-corrected chi connectivity index (χ1v) is 7.18. The van der Waals surface area contributed by atoms with Gasteiger partial charge in [0.25, 0.3) is 0 Å². The first-order valence-electron chi connectivity index (χ1n) is 7.18. The molecule has 0 radical (unpaired) electrons. The van der Waals surface area contributed by atoms with Gasteiger partial charge in [-0.1, -0.05) is 6.92 Å². The number of hydrogen-bond acceptors (Lipinski definition) is 2. The summed E-state index contributed by atoms with van der Waals surface area (Å²) >= 11 is 0. The average molecular weight is 275 g/mol. The molecule has 2 rings (SSSR count). The molecule has 2 nitrogen and oxygen atoms in total. The van der Waals surface area contributed by atoms with Crippen LogP contribution in [0.3, 0.4) is 0 Å². The van der Waals surface area contributed by atoms with Gasteiger partial charge in [0.1, 0.15) is 17.3 Å². The summed E-state index contributed by atoms with van der Waals surface area (Å²) in [7, 11) is 0. The fourth-order valence-corrected chi connectivity index (χ4v) is 2.29. The molecule has 0 saturated carbocycles. The number of nitrogens with one attached hydrogen (secondary N) is 1. The molecule has 0 saturated heterocycles. The number of benzene rings is 1. The molecule has 1 aromatic heterocycles. The number of aryl methyl sites for hydroxylation is 1. The van der Waals surface area contributed by atoms with Gasteiger partial charge in [-0.2, -0.15) is 0 Å². The van der Waals surface area contributed by atoms with Gasteiger partial charge in [-0.3, -0.25) is 0 Å². The lowest BCUT2D eigenvalue weighted by molar-refractivity contribution is 0.464. The van der Waals surface area contributed by atoms with Crippen LogP contribution in [0.1, 0.15) is 31.6 Å². The zero-order valence-electron chi connectivity index (χ0n) is 12.4.